The van der Waals surface area contributed by atoms with E-state index in [2.05, 4.69) is 0 Å². The molecule has 2 aliphatic heterocycles. The molecule has 0 saturated carbocycles. The summed E-state index contributed by atoms with van der Waals surface area (Å²) in [6.07, 6.45) is 4.25. The average molecular weight is 306 g/mol. The Balaban J connectivity index is 1.57. The summed E-state index contributed by atoms with van der Waals surface area (Å²) in [6, 6.07) is 3.40. The Bertz CT molecular complexity index is 508. The molecule has 22 heavy (non-hydrogen) atoms. The third-order valence-electron chi connectivity index (χ3n) is 4.35. The Kier molecular flexibility index (Phi) is 4.77. The first kappa shape index (κ1) is 15.1. The summed E-state index contributed by atoms with van der Waals surface area (Å²) in [6.45, 7) is 3.11. The molecule has 2 saturated heterocycles. The molecule has 1 atom stereocenters. The predicted octanol–water partition coefficient (Wildman–Crippen LogP) is 1.06. The van der Waals surface area contributed by atoms with Gasteiger partial charge in [0.05, 0.1) is 19.5 Å². The number of carbonyl (C=O) groups excluding carboxylic acids is 2. The first-order valence-corrected chi connectivity index (χ1v) is 7.94. The Morgan fingerprint density at radius 3 is 2.77 bits per heavy atom. The van der Waals surface area contributed by atoms with Crippen LogP contribution in [-0.4, -0.2) is 60.5 Å². The molecule has 0 unspecified atom stereocenters. The smallest absolute Gasteiger partial charge is 0.245 e. The fourth-order valence-electron chi connectivity index (χ4n) is 3.15. The van der Waals surface area contributed by atoms with Gasteiger partial charge >= 0.3 is 0 Å². The van der Waals surface area contributed by atoms with Gasteiger partial charge in [0.15, 0.2) is 0 Å². The Labute approximate surface area is 130 Å². The van der Waals surface area contributed by atoms with Crippen molar-refractivity contribution in [3.05, 3.63) is 24.2 Å². The number of morpholine rings is 1. The van der Waals surface area contributed by atoms with Crippen molar-refractivity contribution in [2.45, 2.75) is 31.7 Å². The highest BCUT2D eigenvalue weighted by Gasteiger charge is 2.36. The van der Waals surface area contributed by atoms with Gasteiger partial charge < -0.3 is 19.0 Å². The molecule has 6 nitrogen and oxygen atoms in total. The fourth-order valence-corrected chi connectivity index (χ4v) is 3.15. The lowest BCUT2D eigenvalue weighted by Gasteiger charge is -2.32. The van der Waals surface area contributed by atoms with Crippen LogP contribution in [0.25, 0.3) is 0 Å². The van der Waals surface area contributed by atoms with Gasteiger partial charge in [-0.3, -0.25) is 9.59 Å². The van der Waals surface area contributed by atoms with Gasteiger partial charge in [0, 0.05) is 32.5 Å². The van der Waals surface area contributed by atoms with Crippen LogP contribution in [-0.2, 0) is 20.7 Å². The number of rotatable bonds is 4. The summed E-state index contributed by atoms with van der Waals surface area (Å²) in [7, 11) is 0. The minimum atomic E-state index is -0.290. The van der Waals surface area contributed by atoms with Crippen LogP contribution in [0.3, 0.4) is 0 Å². The third kappa shape index (κ3) is 3.32. The van der Waals surface area contributed by atoms with Crippen molar-refractivity contribution >= 4 is 11.8 Å². The molecule has 0 bridgehead atoms. The number of hydrogen-bond donors (Lipinski definition) is 0. The van der Waals surface area contributed by atoms with E-state index in [1.165, 1.54) is 0 Å². The first-order chi connectivity index (χ1) is 10.8. The molecular formula is C16H22N2O4. The summed E-state index contributed by atoms with van der Waals surface area (Å²) < 4.78 is 10.5. The topological polar surface area (TPSA) is 63.0 Å². The number of carbonyl (C=O) groups is 2. The number of nitrogens with zero attached hydrogens (tertiary/aromatic N) is 2. The summed E-state index contributed by atoms with van der Waals surface area (Å²) in [5.41, 5.74) is 0. The van der Waals surface area contributed by atoms with Gasteiger partial charge in [-0.25, -0.2) is 0 Å². The number of likely N-dealkylation sites (tertiary alicyclic amines) is 1. The van der Waals surface area contributed by atoms with Crippen LogP contribution < -0.4 is 0 Å². The van der Waals surface area contributed by atoms with Crippen LogP contribution in [0.1, 0.15) is 25.0 Å². The zero-order valence-electron chi connectivity index (χ0n) is 12.7. The molecular weight excluding hydrogens is 284 g/mol. The summed E-state index contributed by atoms with van der Waals surface area (Å²) in [5.74, 6) is 0.927. The number of furan rings is 1. The molecule has 1 aromatic rings. The molecule has 0 aromatic carbocycles. The zero-order chi connectivity index (χ0) is 15.4. The maximum absolute atomic E-state index is 12.6. The summed E-state index contributed by atoms with van der Waals surface area (Å²) in [5, 5.41) is 0. The largest absolute Gasteiger partial charge is 0.469 e. The van der Waals surface area contributed by atoms with Crippen molar-refractivity contribution in [2.24, 2.45) is 0 Å². The van der Waals surface area contributed by atoms with E-state index in [-0.39, 0.29) is 17.9 Å². The highest BCUT2D eigenvalue weighted by Crippen LogP contribution is 2.21. The van der Waals surface area contributed by atoms with E-state index in [0.717, 1.165) is 18.6 Å². The van der Waals surface area contributed by atoms with Crippen LogP contribution in [0.2, 0.25) is 0 Å². The van der Waals surface area contributed by atoms with Gasteiger partial charge in [0.25, 0.3) is 0 Å². The zero-order valence-corrected chi connectivity index (χ0v) is 12.7. The standard InChI is InChI=1S/C16H22N2O4/c19-15(6-5-13-3-2-10-22-13)18-7-1-4-14(18)16(20)17-8-11-21-12-9-17/h2-3,10,14H,1,4-9,11-12H2/t14-/m0/s1. The monoisotopic (exact) mass is 306 g/mol. The first-order valence-electron chi connectivity index (χ1n) is 7.94. The van der Waals surface area contributed by atoms with Crippen LogP contribution in [0.5, 0.6) is 0 Å². The van der Waals surface area contributed by atoms with Crippen LogP contribution in [0.4, 0.5) is 0 Å². The molecule has 0 radical (unpaired) electrons. The van der Waals surface area contributed by atoms with Crippen LogP contribution in [0.15, 0.2) is 22.8 Å². The van der Waals surface area contributed by atoms with Gasteiger partial charge in [0.1, 0.15) is 11.8 Å². The van der Waals surface area contributed by atoms with Crippen molar-refractivity contribution in [3.8, 4) is 0 Å². The highest BCUT2D eigenvalue weighted by molar-refractivity contribution is 5.88. The number of aryl methyl sites for hydroxylation is 1. The van der Waals surface area contributed by atoms with E-state index in [9.17, 15) is 9.59 Å². The molecule has 1 aromatic heterocycles. The highest BCUT2D eigenvalue weighted by atomic mass is 16.5. The molecule has 120 valence electrons. The molecule has 6 heteroatoms. The fraction of sp³-hybridized carbons (Fsp3) is 0.625. The van der Waals surface area contributed by atoms with Crippen molar-refractivity contribution in [3.63, 3.8) is 0 Å². The lowest BCUT2D eigenvalue weighted by Crippen LogP contribution is -2.51. The maximum atomic E-state index is 12.6. The molecule has 0 N–H and O–H groups in total. The normalized spacial score (nSPS) is 22.1. The van der Waals surface area contributed by atoms with Crippen molar-refractivity contribution in [2.75, 3.05) is 32.8 Å². The van der Waals surface area contributed by atoms with Crippen molar-refractivity contribution in [1.29, 1.82) is 0 Å². The second kappa shape index (κ2) is 6.96. The number of amides is 2. The van der Waals surface area contributed by atoms with Gasteiger partial charge in [-0.05, 0) is 25.0 Å². The molecule has 3 heterocycles. The second-order valence-electron chi connectivity index (χ2n) is 5.76. The maximum Gasteiger partial charge on any atom is 0.245 e. The van der Waals surface area contributed by atoms with Crippen molar-refractivity contribution in [1.82, 2.24) is 9.80 Å². The molecule has 2 aliphatic rings. The Hall–Kier alpha value is -1.82. The van der Waals surface area contributed by atoms with E-state index in [4.69, 9.17) is 9.15 Å². The molecule has 2 fully saturated rings. The minimum absolute atomic E-state index is 0.0421. The quantitative estimate of drug-likeness (QED) is 0.834. The molecule has 2 amide bonds. The van der Waals surface area contributed by atoms with Crippen LogP contribution >= 0.6 is 0 Å². The van der Waals surface area contributed by atoms with Gasteiger partial charge in [-0.2, -0.15) is 0 Å². The SMILES string of the molecule is O=C([C@@H]1CCCN1C(=O)CCc1ccco1)N1CCOCC1. The van der Waals surface area contributed by atoms with Crippen LogP contribution in [0, 0.1) is 0 Å². The summed E-state index contributed by atoms with van der Waals surface area (Å²) in [4.78, 5) is 28.6. The Morgan fingerprint density at radius 2 is 2.05 bits per heavy atom. The van der Waals surface area contributed by atoms with E-state index >= 15 is 0 Å². The second-order valence-corrected chi connectivity index (χ2v) is 5.76. The van der Waals surface area contributed by atoms with Gasteiger partial charge in [-0.15, -0.1) is 0 Å². The molecule has 0 spiro atoms. The van der Waals surface area contributed by atoms with Crippen molar-refractivity contribution < 1.29 is 18.7 Å². The van der Waals surface area contributed by atoms with Gasteiger partial charge in [0.2, 0.25) is 11.8 Å². The number of ether oxygens (including phenoxy) is 1. The predicted molar refractivity (Wildman–Crippen MR) is 79.2 cm³/mol. The average Bonchev–Trinajstić information content (AvgIpc) is 3.24. The van der Waals surface area contributed by atoms with E-state index in [1.54, 1.807) is 11.2 Å². The number of hydrogen-bond acceptors (Lipinski definition) is 4. The van der Waals surface area contributed by atoms with E-state index in [0.29, 0.717) is 45.7 Å². The summed E-state index contributed by atoms with van der Waals surface area (Å²) >= 11 is 0. The molecule has 0 aliphatic carbocycles. The van der Waals surface area contributed by atoms with Gasteiger partial charge in [-0.1, -0.05) is 0 Å². The van der Waals surface area contributed by atoms with E-state index in [1.807, 2.05) is 17.0 Å². The third-order valence-corrected chi connectivity index (χ3v) is 4.35. The molecule has 3 rings (SSSR count). The van der Waals surface area contributed by atoms with E-state index < -0.39 is 0 Å². The lowest BCUT2D eigenvalue weighted by atomic mass is 10.1. The lowest BCUT2D eigenvalue weighted by molar-refractivity contribution is -0.146. The minimum Gasteiger partial charge on any atom is -0.469 e. The Morgan fingerprint density at radius 1 is 1.23 bits per heavy atom.